The number of rotatable bonds is 2. The number of aromatic nitrogens is 3. The lowest BCUT2D eigenvalue weighted by Crippen LogP contribution is -2.33. The second-order valence-corrected chi connectivity index (χ2v) is 7.50. The van der Waals surface area contributed by atoms with Crippen LogP contribution < -0.4 is 5.32 Å². The van der Waals surface area contributed by atoms with Crippen molar-refractivity contribution >= 4 is 34.9 Å². The first-order chi connectivity index (χ1) is 13.1. The lowest BCUT2D eigenvalue weighted by molar-refractivity contribution is -0.117. The Labute approximate surface area is 164 Å². The number of hydrogen-bond acceptors (Lipinski definition) is 5. The molecule has 3 heterocycles. The molecule has 2 aromatic heterocycles. The van der Waals surface area contributed by atoms with Crippen molar-refractivity contribution in [2.24, 2.45) is 0 Å². The molecule has 1 aliphatic heterocycles. The number of carbonyl (C=O) groups excluding carboxylic acids is 1. The zero-order valence-corrected chi connectivity index (χ0v) is 15.5. The Balaban J connectivity index is 1.65. The van der Waals surface area contributed by atoms with E-state index >= 15 is 0 Å². The molecule has 0 fully saturated rings. The van der Waals surface area contributed by atoms with E-state index in [0.717, 1.165) is 17.0 Å². The summed E-state index contributed by atoms with van der Waals surface area (Å²) >= 11 is 12.5. The molecule has 1 N–H and O–H groups in total. The van der Waals surface area contributed by atoms with Gasteiger partial charge in [0, 0.05) is 39.2 Å². The normalized spacial score (nSPS) is 21.6. The predicted octanol–water partition coefficient (Wildman–Crippen LogP) is 4.59. The van der Waals surface area contributed by atoms with Gasteiger partial charge in [-0.25, -0.2) is 4.68 Å². The van der Waals surface area contributed by atoms with Crippen molar-refractivity contribution in [1.82, 2.24) is 14.8 Å². The first-order valence-electron chi connectivity index (χ1n) is 8.53. The molecule has 2 unspecified atom stereocenters. The Morgan fingerprint density at radius 3 is 2.89 bits per heavy atom. The van der Waals surface area contributed by atoms with Gasteiger partial charge in [0.1, 0.15) is 18.1 Å². The Morgan fingerprint density at radius 1 is 1.22 bits per heavy atom. The molecule has 8 heteroatoms. The van der Waals surface area contributed by atoms with Gasteiger partial charge in [-0.2, -0.15) is 10.1 Å². The first kappa shape index (κ1) is 16.6. The van der Waals surface area contributed by atoms with Crippen molar-refractivity contribution in [3.05, 3.63) is 75.6 Å². The van der Waals surface area contributed by atoms with Gasteiger partial charge in [-0.15, -0.1) is 0 Å². The number of nitrogens with zero attached hydrogens (tertiary/aromatic N) is 3. The van der Waals surface area contributed by atoms with E-state index in [-0.39, 0.29) is 11.7 Å². The second kappa shape index (κ2) is 6.25. The van der Waals surface area contributed by atoms with E-state index < -0.39 is 6.04 Å². The summed E-state index contributed by atoms with van der Waals surface area (Å²) in [6, 6.07) is 8.58. The maximum absolute atomic E-state index is 13.2. The number of nitrogens with one attached hydrogen (secondary N) is 1. The molecular weight excluding hydrogens is 387 g/mol. The van der Waals surface area contributed by atoms with Gasteiger partial charge in [0.05, 0.1) is 6.26 Å². The summed E-state index contributed by atoms with van der Waals surface area (Å²) in [6.07, 6.45) is 4.12. The van der Waals surface area contributed by atoms with Crippen LogP contribution in [-0.2, 0) is 4.79 Å². The number of fused-ring (bicyclic) bond motifs is 1. The summed E-state index contributed by atoms with van der Waals surface area (Å²) in [4.78, 5) is 17.4. The monoisotopic (exact) mass is 400 g/mol. The molecular formula is C19H14Cl2N4O2. The van der Waals surface area contributed by atoms with Crippen LogP contribution in [0.1, 0.15) is 36.1 Å². The third-order valence-electron chi connectivity index (χ3n) is 5.06. The average Bonchev–Trinajstić information content (AvgIpc) is 3.32. The molecule has 27 heavy (non-hydrogen) atoms. The van der Waals surface area contributed by atoms with Gasteiger partial charge in [0.15, 0.2) is 5.78 Å². The first-order valence-corrected chi connectivity index (χ1v) is 9.28. The Hall–Kier alpha value is -2.57. The molecule has 0 spiro atoms. The van der Waals surface area contributed by atoms with Gasteiger partial charge in [0.25, 0.3) is 0 Å². The van der Waals surface area contributed by atoms with Crippen LogP contribution in [0.4, 0.5) is 5.95 Å². The van der Waals surface area contributed by atoms with E-state index in [2.05, 4.69) is 15.4 Å². The molecule has 136 valence electrons. The molecule has 0 radical (unpaired) electrons. The average molecular weight is 401 g/mol. The van der Waals surface area contributed by atoms with Crippen molar-refractivity contribution in [1.29, 1.82) is 0 Å². The molecule has 0 amide bonds. The standard InChI is InChI=1S/C19H14Cl2N4O2/c20-11-3-4-12(13(21)8-11)18-17-14(24-19-22-9-23-25(18)19)6-10(7-15(17)26)16-2-1-5-27-16/h1-5,8-10,18H,6-7H2,(H,22,23,24). The minimum Gasteiger partial charge on any atom is -0.469 e. The minimum absolute atomic E-state index is 0.00504. The van der Waals surface area contributed by atoms with E-state index in [1.54, 1.807) is 23.1 Å². The third kappa shape index (κ3) is 2.67. The van der Waals surface area contributed by atoms with Crippen LogP contribution in [0.5, 0.6) is 0 Å². The highest BCUT2D eigenvalue weighted by Gasteiger charge is 2.40. The van der Waals surface area contributed by atoms with Gasteiger partial charge in [0.2, 0.25) is 5.95 Å². The second-order valence-electron chi connectivity index (χ2n) is 6.66. The molecule has 5 rings (SSSR count). The van der Waals surface area contributed by atoms with Crippen molar-refractivity contribution in [2.75, 3.05) is 5.32 Å². The van der Waals surface area contributed by atoms with E-state index in [1.165, 1.54) is 6.33 Å². The Morgan fingerprint density at radius 2 is 2.11 bits per heavy atom. The van der Waals surface area contributed by atoms with Crippen LogP contribution in [0, 0.1) is 0 Å². The number of ketones is 1. The molecule has 6 nitrogen and oxygen atoms in total. The Kier molecular flexibility index (Phi) is 3.84. The van der Waals surface area contributed by atoms with Crippen LogP contribution >= 0.6 is 23.2 Å². The topological polar surface area (TPSA) is 73.0 Å². The molecule has 1 aromatic carbocycles. The van der Waals surface area contributed by atoms with Gasteiger partial charge < -0.3 is 9.73 Å². The fourth-order valence-corrected chi connectivity index (χ4v) is 4.40. The van der Waals surface area contributed by atoms with Crippen molar-refractivity contribution < 1.29 is 9.21 Å². The van der Waals surface area contributed by atoms with Crippen molar-refractivity contribution in [2.45, 2.75) is 24.8 Å². The fraction of sp³-hybridized carbons (Fsp3) is 0.211. The lowest BCUT2D eigenvalue weighted by atomic mass is 9.79. The fourth-order valence-electron chi connectivity index (χ4n) is 3.89. The Bertz CT molecular complexity index is 1070. The lowest BCUT2D eigenvalue weighted by Gasteiger charge is -2.34. The van der Waals surface area contributed by atoms with Crippen molar-refractivity contribution in [3.8, 4) is 0 Å². The number of benzene rings is 1. The van der Waals surface area contributed by atoms with E-state index in [0.29, 0.717) is 34.4 Å². The van der Waals surface area contributed by atoms with E-state index in [4.69, 9.17) is 27.6 Å². The van der Waals surface area contributed by atoms with Gasteiger partial charge in [-0.1, -0.05) is 29.3 Å². The molecule has 0 saturated heterocycles. The molecule has 3 aromatic rings. The summed E-state index contributed by atoms with van der Waals surface area (Å²) < 4.78 is 7.22. The minimum atomic E-state index is -0.437. The van der Waals surface area contributed by atoms with E-state index in [1.807, 2.05) is 18.2 Å². The number of carbonyl (C=O) groups is 1. The largest absolute Gasteiger partial charge is 0.469 e. The van der Waals surface area contributed by atoms with Crippen LogP contribution in [-0.4, -0.2) is 20.5 Å². The predicted molar refractivity (Wildman–Crippen MR) is 101 cm³/mol. The zero-order valence-electron chi connectivity index (χ0n) is 14.0. The molecule has 0 bridgehead atoms. The number of furan rings is 1. The van der Waals surface area contributed by atoms with Crippen LogP contribution in [0.3, 0.4) is 0 Å². The SMILES string of the molecule is O=C1CC(c2ccco2)CC2=C1C(c1ccc(Cl)cc1Cl)n1ncnc1N2. The summed E-state index contributed by atoms with van der Waals surface area (Å²) in [5, 5.41) is 8.62. The number of halogens is 2. The van der Waals surface area contributed by atoms with Crippen LogP contribution in [0.15, 0.2) is 58.6 Å². The van der Waals surface area contributed by atoms with Gasteiger partial charge >= 0.3 is 0 Å². The summed E-state index contributed by atoms with van der Waals surface area (Å²) in [6.45, 7) is 0. The molecule has 2 atom stereocenters. The van der Waals surface area contributed by atoms with Gasteiger partial charge in [-0.05, 0) is 30.7 Å². The smallest absolute Gasteiger partial charge is 0.226 e. The highest BCUT2D eigenvalue weighted by molar-refractivity contribution is 6.35. The summed E-state index contributed by atoms with van der Waals surface area (Å²) in [5.41, 5.74) is 2.27. The molecule has 1 aliphatic carbocycles. The summed E-state index contributed by atoms with van der Waals surface area (Å²) in [7, 11) is 0. The number of allylic oxidation sites excluding steroid dienone is 2. The maximum Gasteiger partial charge on any atom is 0.226 e. The van der Waals surface area contributed by atoms with Gasteiger partial charge in [-0.3, -0.25) is 4.79 Å². The highest BCUT2D eigenvalue weighted by Crippen LogP contribution is 2.45. The number of Topliss-reactive ketones (excluding diaryl/α,β-unsaturated/α-hetero) is 1. The number of hydrogen-bond donors (Lipinski definition) is 1. The quantitative estimate of drug-likeness (QED) is 0.680. The van der Waals surface area contributed by atoms with E-state index in [9.17, 15) is 4.79 Å². The zero-order chi connectivity index (χ0) is 18.5. The van der Waals surface area contributed by atoms with Crippen LogP contribution in [0.25, 0.3) is 0 Å². The van der Waals surface area contributed by atoms with Crippen LogP contribution in [0.2, 0.25) is 10.0 Å². The highest BCUT2D eigenvalue weighted by atomic mass is 35.5. The molecule has 0 saturated carbocycles. The molecule has 2 aliphatic rings. The number of anilines is 1. The van der Waals surface area contributed by atoms with Crippen molar-refractivity contribution in [3.63, 3.8) is 0 Å². The maximum atomic E-state index is 13.2. The third-order valence-corrected chi connectivity index (χ3v) is 5.63. The summed E-state index contributed by atoms with van der Waals surface area (Å²) in [5.74, 6) is 1.43.